The Kier molecular flexibility index (Phi) is 6.32. The van der Waals surface area contributed by atoms with Gasteiger partial charge in [-0.2, -0.15) is 13.2 Å². The number of benzene rings is 2. The smallest absolute Gasteiger partial charge is 0.391 e. The van der Waals surface area contributed by atoms with E-state index in [1.807, 2.05) is 4.90 Å². The zero-order valence-corrected chi connectivity index (χ0v) is 15.3. The monoisotopic (exact) mass is 409 g/mol. The highest BCUT2D eigenvalue weighted by Crippen LogP contribution is 2.30. The van der Waals surface area contributed by atoms with Gasteiger partial charge in [0.25, 0.3) is 5.69 Å². The summed E-state index contributed by atoms with van der Waals surface area (Å²) in [6, 6.07) is 9.28. The molecule has 7 nitrogen and oxygen atoms in total. The maximum atomic E-state index is 12.5. The van der Waals surface area contributed by atoms with Crippen molar-refractivity contribution in [2.75, 3.05) is 31.2 Å². The first-order valence-corrected chi connectivity index (χ1v) is 8.77. The summed E-state index contributed by atoms with van der Waals surface area (Å²) in [6.07, 6.45) is -3.07. The lowest BCUT2D eigenvalue weighted by Crippen LogP contribution is -2.36. The maximum absolute atomic E-state index is 12.5. The second-order valence-electron chi connectivity index (χ2n) is 6.31. The summed E-state index contributed by atoms with van der Waals surface area (Å²) in [4.78, 5) is 17.9. The molecular weight excluding hydrogens is 391 g/mol. The first-order chi connectivity index (χ1) is 13.8. The number of nitro benzene ring substituents is 1. The van der Waals surface area contributed by atoms with Crippen LogP contribution in [0.1, 0.15) is 16.7 Å². The van der Waals surface area contributed by atoms with E-state index in [2.05, 4.69) is 5.16 Å². The van der Waals surface area contributed by atoms with Crippen molar-refractivity contribution in [2.45, 2.75) is 12.8 Å². The first kappa shape index (κ1) is 20.6. The highest BCUT2D eigenvalue weighted by molar-refractivity contribution is 5.82. The molecule has 154 valence electrons. The van der Waals surface area contributed by atoms with Gasteiger partial charge < -0.3 is 14.5 Å². The van der Waals surface area contributed by atoms with Gasteiger partial charge in [-0.05, 0) is 23.8 Å². The third-order valence-electron chi connectivity index (χ3n) is 4.34. The Bertz CT molecular complexity index is 879. The molecule has 0 N–H and O–H groups in total. The molecule has 0 bridgehead atoms. The van der Waals surface area contributed by atoms with E-state index < -0.39 is 16.7 Å². The molecule has 29 heavy (non-hydrogen) atoms. The van der Waals surface area contributed by atoms with Crippen LogP contribution in [0.25, 0.3) is 0 Å². The number of nitro groups is 1. The molecule has 0 aliphatic carbocycles. The summed E-state index contributed by atoms with van der Waals surface area (Å²) in [5, 5.41) is 15.2. The Morgan fingerprint density at radius 2 is 1.86 bits per heavy atom. The minimum atomic E-state index is -4.39. The molecule has 2 aromatic carbocycles. The molecule has 1 aliphatic rings. The standard InChI is InChI=1S/C19H18F3N3O4/c20-19(21,22)16-4-1-14(2-5-16)13-29-23-12-15-3-6-17(18(11-15)25(26)27)24-7-9-28-10-8-24/h1-6,11-12H,7-10,13H2/b23-12-. The van der Waals surface area contributed by atoms with Crippen LogP contribution in [0.3, 0.4) is 0 Å². The predicted octanol–water partition coefficient (Wildman–Crippen LogP) is 4.00. The molecular formula is C19H18F3N3O4. The average Bonchev–Trinajstić information content (AvgIpc) is 2.71. The molecule has 1 aliphatic heterocycles. The highest BCUT2D eigenvalue weighted by atomic mass is 19.4. The van der Waals surface area contributed by atoms with E-state index in [0.29, 0.717) is 43.1 Å². The molecule has 0 radical (unpaired) electrons. The van der Waals surface area contributed by atoms with E-state index in [-0.39, 0.29) is 12.3 Å². The second kappa shape index (κ2) is 8.91. The number of hydrogen-bond acceptors (Lipinski definition) is 6. The summed E-state index contributed by atoms with van der Waals surface area (Å²) in [5.74, 6) is 0. The van der Waals surface area contributed by atoms with Crippen LogP contribution in [0.15, 0.2) is 47.6 Å². The van der Waals surface area contributed by atoms with Crippen molar-refractivity contribution in [3.63, 3.8) is 0 Å². The van der Waals surface area contributed by atoms with Gasteiger partial charge in [0, 0.05) is 24.7 Å². The summed E-state index contributed by atoms with van der Waals surface area (Å²) in [6.45, 7) is 2.15. The van der Waals surface area contributed by atoms with Crippen molar-refractivity contribution in [1.29, 1.82) is 0 Å². The van der Waals surface area contributed by atoms with Gasteiger partial charge in [0.05, 0.1) is 29.9 Å². The van der Waals surface area contributed by atoms with E-state index >= 15 is 0 Å². The number of rotatable bonds is 6. The van der Waals surface area contributed by atoms with Crippen molar-refractivity contribution in [2.24, 2.45) is 5.16 Å². The predicted molar refractivity (Wildman–Crippen MR) is 100.0 cm³/mol. The van der Waals surface area contributed by atoms with Crippen LogP contribution in [0.5, 0.6) is 0 Å². The van der Waals surface area contributed by atoms with Crippen molar-refractivity contribution in [3.05, 3.63) is 69.3 Å². The van der Waals surface area contributed by atoms with E-state index in [0.717, 1.165) is 12.1 Å². The Labute approximate surface area is 164 Å². The third-order valence-corrected chi connectivity index (χ3v) is 4.34. The molecule has 3 rings (SSSR count). The average molecular weight is 409 g/mol. The number of morpholine rings is 1. The molecule has 1 saturated heterocycles. The summed E-state index contributed by atoms with van der Waals surface area (Å²) >= 11 is 0. The van der Waals surface area contributed by atoms with Crippen LogP contribution in [0.2, 0.25) is 0 Å². The Morgan fingerprint density at radius 3 is 2.48 bits per heavy atom. The normalized spacial score (nSPS) is 14.9. The Morgan fingerprint density at radius 1 is 1.17 bits per heavy atom. The van der Waals surface area contributed by atoms with Gasteiger partial charge in [-0.3, -0.25) is 10.1 Å². The van der Waals surface area contributed by atoms with Gasteiger partial charge >= 0.3 is 6.18 Å². The zero-order valence-electron chi connectivity index (χ0n) is 15.3. The zero-order chi connectivity index (χ0) is 20.9. The molecule has 1 heterocycles. The minimum absolute atomic E-state index is 0.0252. The Balaban J connectivity index is 1.63. The van der Waals surface area contributed by atoms with Crippen LogP contribution in [0.4, 0.5) is 24.5 Å². The quantitative estimate of drug-likeness (QED) is 0.409. The number of ether oxygens (including phenoxy) is 1. The van der Waals surface area contributed by atoms with Gasteiger partial charge in [-0.25, -0.2) is 0 Å². The van der Waals surface area contributed by atoms with Crippen molar-refractivity contribution < 1.29 is 27.7 Å². The lowest BCUT2D eigenvalue weighted by molar-refractivity contribution is -0.384. The van der Waals surface area contributed by atoms with Crippen LogP contribution in [-0.4, -0.2) is 37.4 Å². The van der Waals surface area contributed by atoms with Gasteiger partial charge in [-0.15, -0.1) is 0 Å². The van der Waals surface area contributed by atoms with E-state index in [1.54, 1.807) is 12.1 Å². The van der Waals surface area contributed by atoms with Crippen LogP contribution in [0, 0.1) is 10.1 Å². The van der Waals surface area contributed by atoms with E-state index in [1.165, 1.54) is 24.4 Å². The largest absolute Gasteiger partial charge is 0.416 e. The molecule has 2 aromatic rings. The van der Waals surface area contributed by atoms with E-state index in [4.69, 9.17) is 9.57 Å². The second-order valence-corrected chi connectivity index (χ2v) is 6.31. The highest BCUT2D eigenvalue weighted by Gasteiger charge is 2.29. The molecule has 0 spiro atoms. The summed E-state index contributed by atoms with van der Waals surface area (Å²) in [5.41, 5.74) is 0.724. The fourth-order valence-electron chi connectivity index (χ4n) is 2.84. The minimum Gasteiger partial charge on any atom is -0.391 e. The topological polar surface area (TPSA) is 77.2 Å². The van der Waals surface area contributed by atoms with Gasteiger partial charge in [0.2, 0.25) is 0 Å². The number of alkyl halides is 3. The number of hydrogen-bond donors (Lipinski definition) is 0. The lowest BCUT2D eigenvalue weighted by atomic mass is 10.1. The lowest BCUT2D eigenvalue weighted by Gasteiger charge is -2.28. The SMILES string of the molecule is O=[N+]([O-])c1cc(/C=N\OCc2ccc(C(F)(F)F)cc2)ccc1N1CCOCC1. The fraction of sp³-hybridized carbons (Fsp3) is 0.316. The third kappa shape index (κ3) is 5.44. The summed E-state index contributed by atoms with van der Waals surface area (Å²) < 4.78 is 42.9. The Hall–Kier alpha value is -3.14. The van der Waals surface area contributed by atoms with Crippen molar-refractivity contribution >= 4 is 17.6 Å². The molecule has 0 aromatic heterocycles. The number of nitrogens with zero attached hydrogens (tertiary/aromatic N) is 3. The molecule has 0 atom stereocenters. The van der Waals surface area contributed by atoms with Crippen molar-refractivity contribution in [3.8, 4) is 0 Å². The van der Waals surface area contributed by atoms with Gasteiger partial charge in [0.15, 0.2) is 0 Å². The molecule has 0 amide bonds. The van der Waals surface area contributed by atoms with Gasteiger partial charge in [0.1, 0.15) is 12.3 Å². The molecule has 0 unspecified atom stereocenters. The van der Waals surface area contributed by atoms with Gasteiger partial charge in [-0.1, -0.05) is 23.4 Å². The number of anilines is 1. The van der Waals surface area contributed by atoms with Crippen LogP contribution in [-0.2, 0) is 22.4 Å². The molecule has 0 saturated carbocycles. The maximum Gasteiger partial charge on any atom is 0.416 e. The molecule has 10 heteroatoms. The fourth-order valence-corrected chi connectivity index (χ4v) is 2.84. The van der Waals surface area contributed by atoms with Crippen LogP contribution >= 0.6 is 0 Å². The van der Waals surface area contributed by atoms with E-state index in [9.17, 15) is 23.3 Å². The summed E-state index contributed by atoms with van der Waals surface area (Å²) in [7, 11) is 0. The number of halogens is 3. The van der Waals surface area contributed by atoms with Crippen LogP contribution < -0.4 is 4.90 Å². The number of oxime groups is 1. The first-order valence-electron chi connectivity index (χ1n) is 8.77. The molecule has 1 fully saturated rings. The van der Waals surface area contributed by atoms with Crippen molar-refractivity contribution in [1.82, 2.24) is 0 Å².